The van der Waals surface area contributed by atoms with Gasteiger partial charge in [0.15, 0.2) is 0 Å². The van der Waals surface area contributed by atoms with Gasteiger partial charge in [0.1, 0.15) is 0 Å². The zero-order chi connectivity index (χ0) is 10.1. The number of rotatable bonds is 3. The zero-order valence-electron chi connectivity index (χ0n) is 7.72. The van der Waals surface area contributed by atoms with Crippen molar-refractivity contribution < 1.29 is 4.92 Å². The summed E-state index contributed by atoms with van der Waals surface area (Å²) in [5.41, 5.74) is 7.08. The molecular weight excluding hydrogens is 180 g/mol. The molecule has 1 aromatic carbocycles. The summed E-state index contributed by atoms with van der Waals surface area (Å²) in [5.74, 6) is 0.580. The second kappa shape index (κ2) is 3.38. The van der Waals surface area contributed by atoms with Crippen LogP contribution in [0, 0.1) is 16.0 Å². The molecule has 0 heterocycles. The van der Waals surface area contributed by atoms with Gasteiger partial charge in [0, 0.05) is 18.2 Å². The van der Waals surface area contributed by atoms with Crippen LogP contribution in [-0.4, -0.2) is 4.92 Å². The first-order valence-electron chi connectivity index (χ1n) is 4.68. The van der Waals surface area contributed by atoms with Gasteiger partial charge in [-0.1, -0.05) is 12.1 Å². The quantitative estimate of drug-likeness (QED) is 0.588. The van der Waals surface area contributed by atoms with Crippen LogP contribution in [0.1, 0.15) is 24.4 Å². The predicted molar refractivity (Wildman–Crippen MR) is 52.7 cm³/mol. The van der Waals surface area contributed by atoms with Gasteiger partial charge in [-0.2, -0.15) is 0 Å². The van der Waals surface area contributed by atoms with Crippen LogP contribution in [0.2, 0.25) is 0 Å². The highest BCUT2D eigenvalue weighted by Crippen LogP contribution is 2.39. The number of hydrogen-bond acceptors (Lipinski definition) is 3. The fraction of sp³-hybridized carbons (Fsp3) is 0.400. The van der Waals surface area contributed by atoms with Crippen LogP contribution in [0.3, 0.4) is 0 Å². The number of benzene rings is 1. The lowest BCUT2D eigenvalue weighted by Gasteiger charge is -2.09. The molecule has 4 nitrogen and oxygen atoms in total. The van der Waals surface area contributed by atoms with E-state index in [0.717, 1.165) is 5.56 Å². The van der Waals surface area contributed by atoms with Crippen LogP contribution in [0.4, 0.5) is 5.69 Å². The minimum Gasteiger partial charge on any atom is -0.324 e. The van der Waals surface area contributed by atoms with Gasteiger partial charge in [-0.15, -0.1) is 0 Å². The van der Waals surface area contributed by atoms with Crippen molar-refractivity contribution in [2.75, 3.05) is 0 Å². The van der Waals surface area contributed by atoms with Crippen LogP contribution in [0.25, 0.3) is 0 Å². The van der Waals surface area contributed by atoms with Crippen molar-refractivity contribution in [1.82, 2.24) is 0 Å². The van der Waals surface area contributed by atoms with Crippen LogP contribution in [0.5, 0.6) is 0 Å². The van der Waals surface area contributed by atoms with Gasteiger partial charge in [-0.3, -0.25) is 10.1 Å². The summed E-state index contributed by atoms with van der Waals surface area (Å²) in [6.45, 7) is 0. The van der Waals surface area contributed by atoms with Crippen molar-refractivity contribution in [2.45, 2.75) is 18.9 Å². The van der Waals surface area contributed by atoms with E-state index >= 15 is 0 Å². The molecule has 1 fully saturated rings. The Morgan fingerprint density at radius 1 is 1.36 bits per heavy atom. The molecule has 0 bridgehead atoms. The van der Waals surface area contributed by atoms with Crippen molar-refractivity contribution in [3.63, 3.8) is 0 Å². The average molecular weight is 192 g/mol. The smallest absolute Gasteiger partial charge is 0.269 e. The molecule has 0 aliphatic heterocycles. The summed E-state index contributed by atoms with van der Waals surface area (Å²) in [4.78, 5) is 10.0. The van der Waals surface area contributed by atoms with E-state index in [1.807, 2.05) is 0 Å². The van der Waals surface area contributed by atoms with Gasteiger partial charge in [-0.05, 0) is 24.3 Å². The second-order valence-corrected chi connectivity index (χ2v) is 3.71. The Kier molecular flexibility index (Phi) is 2.21. The van der Waals surface area contributed by atoms with E-state index in [1.165, 1.54) is 25.0 Å². The molecule has 74 valence electrons. The van der Waals surface area contributed by atoms with E-state index in [2.05, 4.69) is 0 Å². The zero-order valence-corrected chi connectivity index (χ0v) is 7.72. The van der Waals surface area contributed by atoms with Crippen LogP contribution in [-0.2, 0) is 0 Å². The highest BCUT2D eigenvalue weighted by atomic mass is 16.6. The summed E-state index contributed by atoms with van der Waals surface area (Å²) < 4.78 is 0. The molecule has 14 heavy (non-hydrogen) atoms. The fourth-order valence-electron chi connectivity index (χ4n) is 1.55. The van der Waals surface area contributed by atoms with E-state index in [4.69, 9.17) is 5.73 Å². The van der Waals surface area contributed by atoms with Crippen LogP contribution < -0.4 is 5.73 Å². The van der Waals surface area contributed by atoms with Gasteiger partial charge in [0.25, 0.3) is 5.69 Å². The van der Waals surface area contributed by atoms with E-state index in [9.17, 15) is 10.1 Å². The maximum absolute atomic E-state index is 10.4. The molecule has 1 aromatic rings. The number of nitrogens with two attached hydrogens (primary N) is 1. The fourth-order valence-corrected chi connectivity index (χ4v) is 1.55. The lowest BCUT2D eigenvalue weighted by molar-refractivity contribution is -0.384. The maximum atomic E-state index is 10.4. The molecule has 1 atom stereocenters. The number of nitro groups is 1. The molecule has 0 aromatic heterocycles. The molecule has 1 unspecified atom stereocenters. The normalized spacial score (nSPS) is 17.8. The minimum absolute atomic E-state index is 0.0517. The van der Waals surface area contributed by atoms with Crippen molar-refractivity contribution in [3.8, 4) is 0 Å². The number of nitro benzene ring substituents is 1. The minimum atomic E-state index is -0.396. The van der Waals surface area contributed by atoms with Crippen LogP contribution in [0.15, 0.2) is 24.3 Å². The SMILES string of the molecule is NC(c1ccc([N+](=O)[O-])cc1)C1CC1. The van der Waals surface area contributed by atoms with E-state index in [-0.39, 0.29) is 11.7 Å². The monoisotopic (exact) mass is 192 g/mol. The molecule has 0 saturated heterocycles. The van der Waals surface area contributed by atoms with E-state index in [0.29, 0.717) is 5.92 Å². The molecule has 2 N–H and O–H groups in total. The van der Waals surface area contributed by atoms with Gasteiger partial charge >= 0.3 is 0 Å². The lowest BCUT2D eigenvalue weighted by Crippen LogP contribution is -2.11. The Morgan fingerprint density at radius 2 is 1.93 bits per heavy atom. The Hall–Kier alpha value is -1.42. The summed E-state index contributed by atoms with van der Waals surface area (Å²) in [5, 5.41) is 10.4. The molecule has 2 rings (SSSR count). The second-order valence-electron chi connectivity index (χ2n) is 3.71. The first-order chi connectivity index (χ1) is 6.68. The molecule has 0 amide bonds. The number of non-ortho nitro benzene ring substituents is 1. The highest BCUT2D eigenvalue weighted by molar-refractivity contribution is 5.34. The average Bonchev–Trinajstić information content (AvgIpc) is 3.00. The third-order valence-corrected chi connectivity index (χ3v) is 2.62. The topological polar surface area (TPSA) is 69.2 Å². The first kappa shape index (κ1) is 9.15. The predicted octanol–water partition coefficient (Wildman–Crippen LogP) is 2.00. The standard InChI is InChI=1S/C10H12N2O2/c11-10(7-1-2-7)8-3-5-9(6-4-8)12(13)14/h3-7,10H,1-2,11H2. The molecular formula is C10H12N2O2. The Morgan fingerprint density at radius 3 is 2.36 bits per heavy atom. The van der Waals surface area contributed by atoms with E-state index in [1.54, 1.807) is 12.1 Å². The van der Waals surface area contributed by atoms with Gasteiger partial charge in [0.2, 0.25) is 0 Å². The maximum Gasteiger partial charge on any atom is 0.269 e. The number of hydrogen-bond donors (Lipinski definition) is 1. The largest absolute Gasteiger partial charge is 0.324 e. The molecule has 4 heteroatoms. The number of nitrogens with zero attached hydrogens (tertiary/aromatic N) is 1. The molecule has 1 saturated carbocycles. The van der Waals surface area contributed by atoms with Crippen molar-refractivity contribution >= 4 is 5.69 Å². The summed E-state index contributed by atoms with van der Waals surface area (Å²) >= 11 is 0. The third kappa shape index (κ3) is 1.75. The van der Waals surface area contributed by atoms with Crippen molar-refractivity contribution in [1.29, 1.82) is 0 Å². The summed E-state index contributed by atoms with van der Waals surface area (Å²) in [6.07, 6.45) is 2.36. The van der Waals surface area contributed by atoms with Gasteiger partial charge in [-0.25, -0.2) is 0 Å². The molecule has 1 aliphatic carbocycles. The Balaban J connectivity index is 2.16. The first-order valence-corrected chi connectivity index (χ1v) is 4.68. The van der Waals surface area contributed by atoms with Crippen molar-refractivity contribution in [3.05, 3.63) is 39.9 Å². The van der Waals surface area contributed by atoms with Crippen molar-refractivity contribution in [2.24, 2.45) is 11.7 Å². The lowest BCUT2D eigenvalue weighted by atomic mass is 10.0. The van der Waals surface area contributed by atoms with E-state index < -0.39 is 4.92 Å². The molecule has 0 radical (unpaired) electrons. The molecule has 1 aliphatic rings. The third-order valence-electron chi connectivity index (χ3n) is 2.62. The summed E-state index contributed by atoms with van der Waals surface area (Å²) in [6, 6.07) is 6.58. The highest BCUT2D eigenvalue weighted by Gasteiger charge is 2.29. The Labute approximate surface area is 81.9 Å². The summed E-state index contributed by atoms with van der Waals surface area (Å²) in [7, 11) is 0. The van der Waals surface area contributed by atoms with Gasteiger partial charge < -0.3 is 5.73 Å². The van der Waals surface area contributed by atoms with Crippen LogP contribution >= 0.6 is 0 Å². The Bertz CT molecular complexity index is 344. The van der Waals surface area contributed by atoms with Gasteiger partial charge in [0.05, 0.1) is 4.92 Å². The molecule has 0 spiro atoms.